The van der Waals surface area contributed by atoms with Crippen LogP contribution < -0.4 is 11.1 Å². The zero-order chi connectivity index (χ0) is 13.6. The first-order chi connectivity index (χ1) is 9.08. The molecule has 0 unspecified atom stereocenters. The lowest BCUT2D eigenvalue weighted by atomic mass is 10.4. The molecule has 19 heavy (non-hydrogen) atoms. The molecule has 0 bridgehead atoms. The van der Waals surface area contributed by atoms with E-state index in [9.17, 15) is 4.79 Å². The SMILES string of the molecule is CC(C)=NNc1cnc2c(c1)n(C)c(=O)n2C1CC1. The average Bonchev–Trinajstić information content (AvgIpc) is 3.17. The van der Waals surface area contributed by atoms with Crippen molar-refractivity contribution in [3.05, 3.63) is 22.7 Å². The summed E-state index contributed by atoms with van der Waals surface area (Å²) in [6, 6.07) is 2.24. The molecule has 1 N–H and O–H groups in total. The third-order valence-corrected chi connectivity index (χ3v) is 3.25. The summed E-state index contributed by atoms with van der Waals surface area (Å²) in [5, 5.41) is 4.14. The number of nitrogens with zero attached hydrogens (tertiary/aromatic N) is 4. The molecule has 0 radical (unpaired) electrons. The molecular weight excluding hydrogens is 242 g/mol. The number of aryl methyl sites for hydroxylation is 1. The van der Waals surface area contributed by atoms with E-state index in [-0.39, 0.29) is 5.69 Å². The molecule has 1 aliphatic carbocycles. The van der Waals surface area contributed by atoms with Crippen LogP contribution in [0.25, 0.3) is 11.2 Å². The summed E-state index contributed by atoms with van der Waals surface area (Å²) >= 11 is 0. The lowest BCUT2D eigenvalue weighted by Crippen LogP contribution is -2.21. The van der Waals surface area contributed by atoms with Gasteiger partial charge in [-0.05, 0) is 32.8 Å². The molecule has 0 atom stereocenters. The minimum Gasteiger partial charge on any atom is -0.293 e. The zero-order valence-corrected chi connectivity index (χ0v) is 11.3. The lowest BCUT2D eigenvalue weighted by Gasteiger charge is -2.02. The van der Waals surface area contributed by atoms with Crippen LogP contribution in [0.4, 0.5) is 5.69 Å². The molecule has 6 heteroatoms. The molecule has 3 rings (SSSR count). The van der Waals surface area contributed by atoms with E-state index in [0.29, 0.717) is 6.04 Å². The van der Waals surface area contributed by atoms with Crippen LogP contribution in [0.1, 0.15) is 32.7 Å². The van der Waals surface area contributed by atoms with Crippen LogP contribution in [-0.2, 0) is 7.05 Å². The van der Waals surface area contributed by atoms with Gasteiger partial charge in [-0.25, -0.2) is 9.78 Å². The van der Waals surface area contributed by atoms with Crippen LogP contribution in [0.15, 0.2) is 22.2 Å². The summed E-state index contributed by atoms with van der Waals surface area (Å²) < 4.78 is 3.45. The van der Waals surface area contributed by atoms with Gasteiger partial charge in [0.2, 0.25) is 0 Å². The number of fused-ring (bicyclic) bond motifs is 1. The number of hydrazone groups is 1. The molecule has 1 aliphatic rings. The Morgan fingerprint density at radius 1 is 1.47 bits per heavy atom. The van der Waals surface area contributed by atoms with Crippen molar-refractivity contribution in [3.63, 3.8) is 0 Å². The Bertz CT molecular complexity index is 716. The summed E-state index contributed by atoms with van der Waals surface area (Å²) in [7, 11) is 1.78. The molecule has 1 fully saturated rings. The molecule has 0 saturated heterocycles. The van der Waals surface area contributed by atoms with Crippen molar-refractivity contribution in [2.24, 2.45) is 12.1 Å². The van der Waals surface area contributed by atoms with Crippen molar-refractivity contribution < 1.29 is 0 Å². The number of hydrogen-bond donors (Lipinski definition) is 1. The largest absolute Gasteiger partial charge is 0.330 e. The Hall–Kier alpha value is -2.11. The minimum atomic E-state index is 0.0114. The molecule has 1 saturated carbocycles. The summed E-state index contributed by atoms with van der Waals surface area (Å²) in [5.41, 5.74) is 6.27. The number of anilines is 1. The van der Waals surface area contributed by atoms with Gasteiger partial charge in [-0.3, -0.25) is 14.6 Å². The highest BCUT2D eigenvalue weighted by molar-refractivity contribution is 5.80. The number of imidazole rings is 1. The third-order valence-electron chi connectivity index (χ3n) is 3.25. The maximum absolute atomic E-state index is 12.2. The van der Waals surface area contributed by atoms with Crippen LogP contribution in [0, 0.1) is 0 Å². The van der Waals surface area contributed by atoms with Gasteiger partial charge in [0.25, 0.3) is 0 Å². The number of nitrogens with one attached hydrogen (secondary N) is 1. The summed E-state index contributed by atoms with van der Waals surface area (Å²) in [6.45, 7) is 3.83. The van der Waals surface area contributed by atoms with E-state index in [1.54, 1.807) is 22.4 Å². The fourth-order valence-corrected chi connectivity index (χ4v) is 2.13. The van der Waals surface area contributed by atoms with Gasteiger partial charge in [-0.1, -0.05) is 0 Å². The average molecular weight is 259 g/mol. The van der Waals surface area contributed by atoms with Crippen LogP contribution in [0.5, 0.6) is 0 Å². The molecule has 0 aliphatic heterocycles. The van der Waals surface area contributed by atoms with Crippen LogP contribution in [0.3, 0.4) is 0 Å². The van der Waals surface area contributed by atoms with E-state index in [2.05, 4.69) is 15.5 Å². The number of aromatic nitrogens is 3. The fraction of sp³-hybridized carbons (Fsp3) is 0.462. The molecule has 2 aromatic rings. The predicted octanol–water partition coefficient (Wildman–Crippen LogP) is 1.88. The quantitative estimate of drug-likeness (QED) is 0.676. The molecule has 100 valence electrons. The van der Waals surface area contributed by atoms with Gasteiger partial charge in [0, 0.05) is 18.8 Å². The first-order valence-electron chi connectivity index (χ1n) is 6.42. The Kier molecular flexibility index (Phi) is 2.66. The number of hydrogen-bond acceptors (Lipinski definition) is 4. The third kappa shape index (κ3) is 2.03. The molecule has 2 aromatic heterocycles. The van der Waals surface area contributed by atoms with E-state index in [1.165, 1.54) is 0 Å². The Morgan fingerprint density at radius 3 is 2.84 bits per heavy atom. The summed E-state index contributed by atoms with van der Waals surface area (Å²) in [4.78, 5) is 16.6. The Balaban J connectivity index is 2.11. The molecule has 0 amide bonds. The fourth-order valence-electron chi connectivity index (χ4n) is 2.13. The van der Waals surface area contributed by atoms with Gasteiger partial charge in [0.1, 0.15) is 0 Å². The van der Waals surface area contributed by atoms with Gasteiger partial charge in [-0.2, -0.15) is 5.10 Å². The standard InChI is InChI=1S/C13H17N5O/c1-8(2)15-16-9-6-11-12(14-7-9)18(10-4-5-10)13(19)17(11)3/h6-7,10,16H,4-5H2,1-3H3. The van der Waals surface area contributed by atoms with E-state index in [4.69, 9.17) is 0 Å². The first kappa shape index (κ1) is 12.0. The van der Waals surface area contributed by atoms with E-state index < -0.39 is 0 Å². The highest BCUT2D eigenvalue weighted by Crippen LogP contribution is 2.35. The lowest BCUT2D eigenvalue weighted by molar-refractivity contribution is 0.691. The van der Waals surface area contributed by atoms with E-state index >= 15 is 0 Å². The highest BCUT2D eigenvalue weighted by Gasteiger charge is 2.28. The van der Waals surface area contributed by atoms with Crippen LogP contribution in [-0.4, -0.2) is 19.8 Å². The molecule has 2 heterocycles. The monoisotopic (exact) mass is 259 g/mol. The molecule has 0 aromatic carbocycles. The van der Waals surface area contributed by atoms with Crippen LogP contribution in [0.2, 0.25) is 0 Å². The second kappa shape index (κ2) is 4.22. The molecule has 6 nitrogen and oxygen atoms in total. The van der Waals surface area contributed by atoms with Crippen molar-refractivity contribution >= 4 is 22.6 Å². The smallest absolute Gasteiger partial charge is 0.293 e. The van der Waals surface area contributed by atoms with Crippen LogP contribution >= 0.6 is 0 Å². The van der Waals surface area contributed by atoms with E-state index in [0.717, 1.165) is 35.4 Å². The maximum atomic E-state index is 12.2. The number of rotatable bonds is 3. The first-order valence-corrected chi connectivity index (χ1v) is 6.42. The molecular formula is C13H17N5O. The zero-order valence-electron chi connectivity index (χ0n) is 11.3. The second-order valence-electron chi connectivity index (χ2n) is 5.18. The van der Waals surface area contributed by atoms with Crippen molar-refractivity contribution in [1.29, 1.82) is 0 Å². The van der Waals surface area contributed by atoms with Crippen molar-refractivity contribution in [1.82, 2.24) is 14.1 Å². The number of pyridine rings is 1. The topological polar surface area (TPSA) is 64.2 Å². The second-order valence-corrected chi connectivity index (χ2v) is 5.18. The van der Waals surface area contributed by atoms with Gasteiger partial charge >= 0.3 is 5.69 Å². The molecule has 0 spiro atoms. The van der Waals surface area contributed by atoms with Crippen molar-refractivity contribution in [3.8, 4) is 0 Å². The maximum Gasteiger partial charge on any atom is 0.330 e. The Labute approximate surface area is 110 Å². The van der Waals surface area contributed by atoms with Gasteiger partial charge < -0.3 is 0 Å². The van der Waals surface area contributed by atoms with Gasteiger partial charge in [-0.15, -0.1) is 0 Å². The van der Waals surface area contributed by atoms with Gasteiger partial charge in [0.15, 0.2) is 5.65 Å². The van der Waals surface area contributed by atoms with Gasteiger partial charge in [0.05, 0.1) is 17.4 Å². The van der Waals surface area contributed by atoms with Crippen molar-refractivity contribution in [2.75, 3.05) is 5.43 Å². The highest BCUT2D eigenvalue weighted by atomic mass is 16.1. The van der Waals surface area contributed by atoms with Crippen molar-refractivity contribution in [2.45, 2.75) is 32.7 Å². The Morgan fingerprint density at radius 2 is 2.21 bits per heavy atom. The predicted molar refractivity (Wildman–Crippen MR) is 75.7 cm³/mol. The van der Waals surface area contributed by atoms with E-state index in [1.807, 2.05) is 19.9 Å². The summed E-state index contributed by atoms with van der Waals surface area (Å²) in [5.74, 6) is 0. The summed E-state index contributed by atoms with van der Waals surface area (Å²) in [6.07, 6.45) is 3.85. The minimum absolute atomic E-state index is 0.0114. The normalized spacial score (nSPS) is 14.7.